The number of amides is 1. The number of benzene rings is 1. The fourth-order valence-corrected chi connectivity index (χ4v) is 2.30. The first-order valence-electron chi connectivity index (χ1n) is 6.77. The minimum Gasteiger partial charge on any atom is -0.355 e. The monoisotopic (exact) mass is 308 g/mol. The second-order valence-electron chi connectivity index (χ2n) is 4.44. The number of hydrogen-bond donors (Lipinski definition) is 2. The van der Waals surface area contributed by atoms with Crippen molar-refractivity contribution in [2.24, 2.45) is 0 Å². The van der Waals surface area contributed by atoms with E-state index in [1.54, 1.807) is 18.2 Å². The highest BCUT2D eigenvalue weighted by atomic mass is 32.2. The molecule has 112 valence electrons. The van der Waals surface area contributed by atoms with Crippen molar-refractivity contribution >= 4 is 17.7 Å². The number of carbonyl (C=O) groups excluding carboxylic acids is 1. The first-order valence-corrected chi connectivity index (χ1v) is 7.76. The normalized spacial score (nSPS) is 10.6. The van der Waals surface area contributed by atoms with Gasteiger partial charge in [0.25, 0.3) is 0 Å². The number of aromatic amines is 1. The van der Waals surface area contributed by atoms with E-state index in [4.69, 9.17) is 0 Å². The summed E-state index contributed by atoms with van der Waals surface area (Å²) in [6.07, 6.45) is 2.01. The summed E-state index contributed by atoms with van der Waals surface area (Å²) >= 11 is 1.22. The highest BCUT2D eigenvalue weighted by molar-refractivity contribution is 7.99. The molecule has 5 nitrogen and oxygen atoms in total. The third-order valence-electron chi connectivity index (χ3n) is 2.78. The average Bonchev–Trinajstić information content (AvgIpc) is 2.94. The number of carbonyl (C=O) groups is 1. The molecule has 0 saturated carbocycles. The molecule has 0 bridgehead atoms. The summed E-state index contributed by atoms with van der Waals surface area (Å²) in [4.78, 5) is 15.8. The zero-order valence-corrected chi connectivity index (χ0v) is 12.5. The van der Waals surface area contributed by atoms with E-state index in [0.29, 0.717) is 23.1 Å². The SMILES string of the molecule is CCCCNC(=O)CSc1n[nH]c(-c2ccccc2F)n1. The van der Waals surface area contributed by atoms with E-state index in [-0.39, 0.29) is 17.5 Å². The lowest BCUT2D eigenvalue weighted by molar-refractivity contribution is -0.118. The Bertz CT molecular complexity index is 602. The van der Waals surface area contributed by atoms with Gasteiger partial charge in [0.2, 0.25) is 11.1 Å². The van der Waals surface area contributed by atoms with E-state index in [9.17, 15) is 9.18 Å². The lowest BCUT2D eigenvalue weighted by Gasteiger charge is -2.01. The van der Waals surface area contributed by atoms with Gasteiger partial charge in [0.1, 0.15) is 5.82 Å². The molecule has 0 saturated heterocycles. The van der Waals surface area contributed by atoms with Crippen molar-refractivity contribution in [2.75, 3.05) is 12.3 Å². The number of aromatic nitrogens is 3. The summed E-state index contributed by atoms with van der Waals surface area (Å²) in [5.41, 5.74) is 0.365. The minimum atomic E-state index is -0.359. The van der Waals surface area contributed by atoms with Crippen LogP contribution in [0.15, 0.2) is 29.4 Å². The topological polar surface area (TPSA) is 70.7 Å². The molecule has 2 N–H and O–H groups in total. The van der Waals surface area contributed by atoms with Crippen LogP contribution in [-0.4, -0.2) is 33.4 Å². The van der Waals surface area contributed by atoms with Gasteiger partial charge in [-0.15, -0.1) is 5.10 Å². The van der Waals surface area contributed by atoms with Gasteiger partial charge in [0.05, 0.1) is 11.3 Å². The zero-order chi connectivity index (χ0) is 15.1. The lowest BCUT2D eigenvalue weighted by Crippen LogP contribution is -2.26. The Morgan fingerprint density at radius 2 is 2.24 bits per heavy atom. The fraction of sp³-hybridized carbons (Fsp3) is 0.357. The molecular weight excluding hydrogens is 291 g/mol. The Labute approximate surface area is 126 Å². The van der Waals surface area contributed by atoms with Crippen LogP contribution in [-0.2, 0) is 4.79 Å². The molecule has 0 radical (unpaired) electrons. The van der Waals surface area contributed by atoms with Gasteiger partial charge in [0, 0.05) is 6.54 Å². The molecule has 1 amide bonds. The smallest absolute Gasteiger partial charge is 0.230 e. The van der Waals surface area contributed by atoms with Crippen LogP contribution >= 0.6 is 11.8 Å². The molecule has 21 heavy (non-hydrogen) atoms. The first-order chi connectivity index (χ1) is 10.2. The molecule has 7 heteroatoms. The maximum Gasteiger partial charge on any atom is 0.230 e. The van der Waals surface area contributed by atoms with Crippen molar-refractivity contribution in [3.05, 3.63) is 30.1 Å². The Morgan fingerprint density at radius 3 is 3.00 bits per heavy atom. The highest BCUT2D eigenvalue weighted by Gasteiger charge is 2.11. The van der Waals surface area contributed by atoms with Gasteiger partial charge in [-0.3, -0.25) is 9.89 Å². The van der Waals surface area contributed by atoms with Crippen molar-refractivity contribution in [1.29, 1.82) is 0 Å². The molecule has 0 spiro atoms. The van der Waals surface area contributed by atoms with E-state index in [2.05, 4.69) is 27.4 Å². The van der Waals surface area contributed by atoms with Crippen molar-refractivity contribution in [2.45, 2.75) is 24.9 Å². The Hall–Kier alpha value is -1.89. The van der Waals surface area contributed by atoms with E-state index in [1.165, 1.54) is 17.8 Å². The van der Waals surface area contributed by atoms with Gasteiger partial charge < -0.3 is 5.32 Å². The molecule has 0 atom stereocenters. The lowest BCUT2D eigenvalue weighted by atomic mass is 10.2. The van der Waals surface area contributed by atoms with Gasteiger partial charge in [-0.2, -0.15) is 0 Å². The van der Waals surface area contributed by atoms with E-state index < -0.39 is 0 Å². The number of unbranched alkanes of at least 4 members (excludes halogenated alkanes) is 1. The summed E-state index contributed by atoms with van der Waals surface area (Å²) in [5.74, 6) is 0.202. The largest absolute Gasteiger partial charge is 0.355 e. The molecular formula is C14H17FN4OS. The number of thioether (sulfide) groups is 1. The summed E-state index contributed by atoms with van der Waals surface area (Å²) in [6, 6.07) is 6.34. The maximum absolute atomic E-state index is 13.6. The van der Waals surface area contributed by atoms with Gasteiger partial charge in [0.15, 0.2) is 5.82 Å². The summed E-state index contributed by atoms with van der Waals surface area (Å²) < 4.78 is 13.6. The number of halogens is 1. The predicted molar refractivity (Wildman–Crippen MR) is 80.4 cm³/mol. The molecule has 0 unspecified atom stereocenters. The second-order valence-corrected chi connectivity index (χ2v) is 5.38. The number of nitrogens with zero attached hydrogens (tertiary/aromatic N) is 2. The van der Waals surface area contributed by atoms with Crippen LogP contribution in [0.25, 0.3) is 11.4 Å². The fourth-order valence-electron chi connectivity index (χ4n) is 1.67. The third kappa shape index (κ3) is 4.56. The van der Waals surface area contributed by atoms with E-state index in [1.807, 2.05) is 0 Å². The van der Waals surface area contributed by atoms with Gasteiger partial charge >= 0.3 is 0 Å². The van der Waals surface area contributed by atoms with Crippen LogP contribution in [0, 0.1) is 5.82 Å². The van der Waals surface area contributed by atoms with E-state index in [0.717, 1.165) is 12.8 Å². The number of hydrogen-bond acceptors (Lipinski definition) is 4. The third-order valence-corrected chi connectivity index (χ3v) is 3.63. The summed E-state index contributed by atoms with van der Waals surface area (Å²) in [6.45, 7) is 2.75. The predicted octanol–water partition coefficient (Wildman–Crippen LogP) is 2.62. The molecule has 1 aromatic carbocycles. The molecule has 0 aliphatic rings. The van der Waals surface area contributed by atoms with Crippen LogP contribution in [0.1, 0.15) is 19.8 Å². The number of nitrogens with one attached hydrogen (secondary N) is 2. The highest BCUT2D eigenvalue weighted by Crippen LogP contribution is 2.21. The molecule has 2 aromatic rings. The first kappa shape index (κ1) is 15.5. The summed E-state index contributed by atoms with van der Waals surface area (Å²) in [7, 11) is 0. The Kier molecular flexibility index (Phi) is 5.74. The van der Waals surface area contributed by atoms with Crippen molar-refractivity contribution in [1.82, 2.24) is 20.5 Å². The van der Waals surface area contributed by atoms with Crippen molar-refractivity contribution < 1.29 is 9.18 Å². The summed E-state index contributed by atoms with van der Waals surface area (Å²) in [5, 5.41) is 9.91. The molecule has 0 aliphatic carbocycles. The minimum absolute atomic E-state index is 0.0503. The van der Waals surface area contributed by atoms with Crippen molar-refractivity contribution in [3.63, 3.8) is 0 Å². The Morgan fingerprint density at radius 1 is 1.43 bits per heavy atom. The van der Waals surface area contributed by atoms with Crippen LogP contribution in [0.4, 0.5) is 4.39 Å². The zero-order valence-electron chi connectivity index (χ0n) is 11.7. The van der Waals surface area contributed by atoms with Crippen LogP contribution < -0.4 is 5.32 Å². The second kappa shape index (κ2) is 7.78. The quantitative estimate of drug-likeness (QED) is 0.609. The van der Waals surface area contributed by atoms with Crippen LogP contribution in [0.5, 0.6) is 0 Å². The number of rotatable bonds is 7. The maximum atomic E-state index is 13.6. The van der Waals surface area contributed by atoms with Crippen LogP contribution in [0.3, 0.4) is 0 Å². The Balaban J connectivity index is 1.89. The average molecular weight is 308 g/mol. The van der Waals surface area contributed by atoms with Gasteiger partial charge in [-0.25, -0.2) is 9.37 Å². The standard InChI is InChI=1S/C14H17FN4OS/c1-2-3-8-16-12(20)9-21-14-17-13(18-19-14)10-6-4-5-7-11(10)15/h4-7H,2-3,8-9H2,1H3,(H,16,20)(H,17,18,19). The van der Waals surface area contributed by atoms with E-state index >= 15 is 0 Å². The molecule has 1 aromatic heterocycles. The molecule has 1 heterocycles. The van der Waals surface area contributed by atoms with Gasteiger partial charge in [-0.1, -0.05) is 37.2 Å². The molecule has 2 rings (SSSR count). The van der Waals surface area contributed by atoms with Crippen molar-refractivity contribution in [3.8, 4) is 11.4 Å². The van der Waals surface area contributed by atoms with Gasteiger partial charge in [-0.05, 0) is 18.6 Å². The molecule has 0 aliphatic heterocycles. The molecule has 0 fully saturated rings. The number of H-pyrrole nitrogens is 1. The van der Waals surface area contributed by atoms with Crippen LogP contribution in [0.2, 0.25) is 0 Å².